The van der Waals surface area contributed by atoms with Gasteiger partial charge in [-0.3, -0.25) is 19.2 Å². The van der Waals surface area contributed by atoms with E-state index in [0.717, 1.165) is 11.8 Å². The van der Waals surface area contributed by atoms with Crippen molar-refractivity contribution in [2.45, 2.75) is 47.6 Å². The number of amides is 2. The molecule has 2 amide bonds. The van der Waals surface area contributed by atoms with Gasteiger partial charge in [0.25, 0.3) is 0 Å². The summed E-state index contributed by atoms with van der Waals surface area (Å²) in [6, 6.07) is -0.774. The van der Waals surface area contributed by atoms with Crippen molar-refractivity contribution in [3.8, 4) is 0 Å². The molecule has 0 heterocycles. The van der Waals surface area contributed by atoms with E-state index in [1.807, 2.05) is 13.8 Å². The quantitative estimate of drug-likeness (QED) is 0.628. The van der Waals surface area contributed by atoms with Crippen LogP contribution in [0.3, 0.4) is 0 Å². The molecule has 0 saturated carbocycles. The Labute approximate surface area is 152 Å². The van der Waals surface area contributed by atoms with Gasteiger partial charge in [-0.05, 0) is 0 Å². The number of thioether (sulfide) groups is 2. The summed E-state index contributed by atoms with van der Waals surface area (Å²) in [5.41, 5.74) is -0.504. The molecule has 2 N–H and O–H groups in total. The smallest absolute Gasteiger partial charge is 0.243 e. The lowest BCUT2D eigenvalue weighted by Crippen LogP contribution is -2.48. The predicted molar refractivity (Wildman–Crippen MR) is 99.8 cm³/mol. The van der Waals surface area contributed by atoms with Crippen LogP contribution in [0.4, 0.5) is 0 Å². The van der Waals surface area contributed by atoms with E-state index < -0.39 is 11.5 Å². The average molecular weight is 377 g/mol. The topological polar surface area (TPSA) is 92.3 Å². The van der Waals surface area contributed by atoms with Crippen LogP contribution in [-0.4, -0.2) is 46.1 Å². The first-order chi connectivity index (χ1) is 10.9. The van der Waals surface area contributed by atoms with Crippen LogP contribution in [0, 0.1) is 11.3 Å². The van der Waals surface area contributed by atoms with Crippen LogP contribution in [0.25, 0.3) is 0 Å². The molecule has 0 bridgehead atoms. The van der Waals surface area contributed by atoms with E-state index in [0.29, 0.717) is 12.3 Å². The molecule has 0 saturated heterocycles. The number of carbonyl (C=O) groups is 4. The lowest BCUT2D eigenvalue weighted by Gasteiger charge is -2.20. The molecule has 0 aromatic carbocycles. The Bertz CT molecular complexity index is 473. The van der Waals surface area contributed by atoms with Crippen LogP contribution in [0.2, 0.25) is 0 Å². The van der Waals surface area contributed by atoms with Gasteiger partial charge in [0.1, 0.15) is 6.04 Å². The molecule has 0 aromatic rings. The summed E-state index contributed by atoms with van der Waals surface area (Å²) in [5.74, 6) is -0.0682. The molecular weight excluding hydrogens is 348 g/mol. The van der Waals surface area contributed by atoms with Crippen LogP contribution >= 0.6 is 23.5 Å². The average Bonchev–Trinajstić information content (AvgIpc) is 2.45. The van der Waals surface area contributed by atoms with Gasteiger partial charge >= 0.3 is 0 Å². The highest BCUT2D eigenvalue weighted by atomic mass is 32.2. The van der Waals surface area contributed by atoms with Crippen LogP contribution in [-0.2, 0) is 19.2 Å². The fourth-order valence-corrected chi connectivity index (χ4v) is 3.14. The minimum absolute atomic E-state index is 0.0382. The van der Waals surface area contributed by atoms with E-state index in [-0.39, 0.29) is 33.7 Å². The molecule has 0 rings (SSSR count). The number of nitrogens with one attached hydrogen (secondary N) is 2. The van der Waals surface area contributed by atoms with Crippen LogP contribution in [0.5, 0.6) is 0 Å². The minimum Gasteiger partial charge on any atom is -0.353 e. The summed E-state index contributed by atoms with van der Waals surface area (Å²) in [6.45, 7) is 10.7. The highest BCUT2D eigenvalue weighted by molar-refractivity contribution is 8.14. The monoisotopic (exact) mass is 376 g/mol. The lowest BCUT2D eigenvalue weighted by atomic mass is 10.00. The van der Waals surface area contributed by atoms with E-state index >= 15 is 0 Å². The minimum atomic E-state index is -0.774. The second kappa shape index (κ2) is 10.8. The fraction of sp³-hybridized carbons (Fsp3) is 0.750. The fourth-order valence-electron chi connectivity index (χ4n) is 1.42. The van der Waals surface area contributed by atoms with Crippen molar-refractivity contribution in [2.24, 2.45) is 11.3 Å². The summed E-state index contributed by atoms with van der Waals surface area (Å²) in [6.07, 6.45) is 0. The van der Waals surface area contributed by atoms with Crippen LogP contribution in [0.1, 0.15) is 41.5 Å². The summed E-state index contributed by atoms with van der Waals surface area (Å²) >= 11 is 2.21. The first-order valence-corrected chi connectivity index (χ1v) is 9.81. The normalized spacial score (nSPS) is 12.6. The maximum absolute atomic E-state index is 12.2. The largest absolute Gasteiger partial charge is 0.353 e. The van der Waals surface area contributed by atoms with E-state index in [4.69, 9.17) is 0 Å². The molecule has 138 valence electrons. The van der Waals surface area contributed by atoms with E-state index in [2.05, 4.69) is 10.6 Å². The molecule has 0 spiro atoms. The summed E-state index contributed by atoms with van der Waals surface area (Å²) < 4.78 is 0. The zero-order valence-corrected chi connectivity index (χ0v) is 16.9. The van der Waals surface area contributed by atoms with Gasteiger partial charge < -0.3 is 10.6 Å². The Balaban J connectivity index is 4.43. The van der Waals surface area contributed by atoms with Gasteiger partial charge in [-0.25, -0.2) is 0 Å². The van der Waals surface area contributed by atoms with Crippen molar-refractivity contribution in [1.29, 1.82) is 0 Å². The molecule has 0 aromatic heterocycles. The highest BCUT2D eigenvalue weighted by Gasteiger charge is 2.26. The van der Waals surface area contributed by atoms with Crippen molar-refractivity contribution in [1.82, 2.24) is 10.6 Å². The number of carbonyl (C=O) groups excluding carboxylic acids is 4. The standard InChI is InChI=1S/C16H28N2O4S2/c1-10(2)14(21)23-8-7-17-13(20)12(18-11(3)19)9-24-15(22)16(4,5)6/h10,12H,7-9H2,1-6H3,(H,17,20)(H,18,19)/t12-/m0/s1. The molecule has 6 nitrogen and oxygen atoms in total. The molecule has 0 aliphatic rings. The Hall–Kier alpha value is -1.02. The summed E-state index contributed by atoms with van der Waals surface area (Å²) in [5, 5.41) is 5.29. The molecule has 24 heavy (non-hydrogen) atoms. The second-order valence-corrected chi connectivity index (χ2v) is 8.81. The number of hydrogen-bond donors (Lipinski definition) is 2. The van der Waals surface area contributed by atoms with Crippen molar-refractivity contribution in [2.75, 3.05) is 18.1 Å². The summed E-state index contributed by atoms with van der Waals surface area (Å²) in [4.78, 5) is 46.9. The van der Waals surface area contributed by atoms with Crippen molar-refractivity contribution in [3.63, 3.8) is 0 Å². The first-order valence-electron chi connectivity index (χ1n) is 7.83. The Morgan fingerprint density at radius 2 is 1.62 bits per heavy atom. The predicted octanol–water partition coefficient (Wildman–Crippen LogP) is 1.83. The highest BCUT2D eigenvalue weighted by Crippen LogP contribution is 2.23. The van der Waals surface area contributed by atoms with Gasteiger partial charge in [-0.15, -0.1) is 0 Å². The molecule has 8 heteroatoms. The van der Waals surface area contributed by atoms with Crippen LogP contribution < -0.4 is 10.6 Å². The molecule has 0 aliphatic heterocycles. The van der Waals surface area contributed by atoms with Gasteiger partial charge in [-0.2, -0.15) is 0 Å². The van der Waals surface area contributed by atoms with E-state index in [1.54, 1.807) is 20.8 Å². The molecule has 0 unspecified atom stereocenters. The third-order valence-electron chi connectivity index (χ3n) is 2.80. The molecule has 0 radical (unpaired) electrons. The van der Waals surface area contributed by atoms with Gasteiger partial charge in [0.2, 0.25) is 11.8 Å². The zero-order valence-electron chi connectivity index (χ0n) is 15.2. The molecule has 0 fully saturated rings. The SMILES string of the molecule is CC(=O)N[C@@H](CSC(=O)C(C)(C)C)C(=O)NCCSC(=O)C(C)C. The maximum atomic E-state index is 12.2. The Kier molecular flexibility index (Phi) is 10.3. The van der Waals surface area contributed by atoms with Crippen molar-refractivity contribution >= 4 is 45.6 Å². The lowest BCUT2D eigenvalue weighted by molar-refractivity contribution is -0.127. The van der Waals surface area contributed by atoms with E-state index in [1.165, 1.54) is 18.7 Å². The van der Waals surface area contributed by atoms with Gasteiger partial charge in [0, 0.05) is 36.3 Å². The van der Waals surface area contributed by atoms with Crippen LogP contribution in [0.15, 0.2) is 0 Å². The third kappa shape index (κ3) is 9.97. The third-order valence-corrected chi connectivity index (χ3v) is 5.34. The van der Waals surface area contributed by atoms with E-state index in [9.17, 15) is 19.2 Å². The number of rotatable bonds is 8. The van der Waals surface area contributed by atoms with Crippen molar-refractivity contribution < 1.29 is 19.2 Å². The first kappa shape index (κ1) is 23.0. The number of hydrogen-bond acceptors (Lipinski definition) is 6. The maximum Gasteiger partial charge on any atom is 0.243 e. The Morgan fingerprint density at radius 3 is 2.08 bits per heavy atom. The van der Waals surface area contributed by atoms with Gasteiger partial charge in [0.15, 0.2) is 10.2 Å². The molecule has 0 aliphatic carbocycles. The molecular formula is C16H28N2O4S2. The molecule has 1 atom stereocenters. The summed E-state index contributed by atoms with van der Waals surface area (Å²) in [7, 11) is 0. The zero-order chi connectivity index (χ0) is 18.9. The van der Waals surface area contributed by atoms with Gasteiger partial charge in [-0.1, -0.05) is 58.1 Å². The second-order valence-electron chi connectivity index (χ2n) is 6.71. The van der Waals surface area contributed by atoms with Crippen molar-refractivity contribution in [3.05, 3.63) is 0 Å². The Morgan fingerprint density at radius 1 is 1.04 bits per heavy atom. The van der Waals surface area contributed by atoms with Gasteiger partial charge in [0.05, 0.1) is 0 Å².